The summed E-state index contributed by atoms with van der Waals surface area (Å²) in [5, 5.41) is 6.00. The number of carbonyl (C=O) groups is 1. The third-order valence-electron chi connectivity index (χ3n) is 5.25. The highest BCUT2D eigenvalue weighted by Crippen LogP contribution is 2.58. The number of benzene rings is 1. The minimum Gasteiger partial charge on any atom is -0.396 e. The Kier molecular flexibility index (Phi) is 6.14. The fourth-order valence-electron chi connectivity index (χ4n) is 3.12. The zero-order valence-corrected chi connectivity index (χ0v) is 17.5. The van der Waals surface area contributed by atoms with Crippen LogP contribution in [0.1, 0.15) is 29.9 Å². The minimum absolute atomic E-state index is 0.0108. The monoisotopic (exact) mass is 474 g/mol. The Hall–Kier alpha value is -4.09. The topological polar surface area (TPSA) is 119 Å². The zero-order valence-electron chi connectivity index (χ0n) is 17.5. The number of alkyl halides is 3. The van der Waals surface area contributed by atoms with Gasteiger partial charge in [0, 0.05) is 17.8 Å². The number of anilines is 1. The summed E-state index contributed by atoms with van der Waals surface area (Å²) < 4.78 is 58.3. The SMILES string of the molecule is NC(=CC(=NCc1ccccc1F)c1ccon1)c1nccc(NC(=O)C2(C(F)(F)F)CC2)n1. The molecule has 1 fully saturated rings. The third kappa shape index (κ3) is 4.80. The van der Waals surface area contributed by atoms with Gasteiger partial charge in [-0.2, -0.15) is 13.2 Å². The normalized spacial score (nSPS) is 15.8. The Morgan fingerprint density at radius 3 is 2.65 bits per heavy atom. The van der Waals surface area contributed by atoms with Gasteiger partial charge in [0.2, 0.25) is 5.91 Å². The molecule has 8 nitrogen and oxygen atoms in total. The Morgan fingerprint density at radius 2 is 2.00 bits per heavy atom. The van der Waals surface area contributed by atoms with Gasteiger partial charge >= 0.3 is 6.18 Å². The molecule has 0 unspecified atom stereocenters. The van der Waals surface area contributed by atoms with Gasteiger partial charge in [-0.05, 0) is 31.1 Å². The number of amides is 1. The first-order valence-electron chi connectivity index (χ1n) is 10.1. The van der Waals surface area contributed by atoms with E-state index >= 15 is 0 Å². The van der Waals surface area contributed by atoms with Crippen molar-refractivity contribution in [2.45, 2.75) is 25.6 Å². The van der Waals surface area contributed by atoms with Crippen molar-refractivity contribution in [1.82, 2.24) is 15.1 Å². The fourth-order valence-corrected chi connectivity index (χ4v) is 3.12. The van der Waals surface area contributed by atoms with Crippen molar-refractivity contribution in [3.8, 4) is 0 Å². The van der Waals surface area contributed by atoms with Crippen LogP contribution in [0.3, 0.4) is 0 Å². The molecular weight excluding hydrogens is 456 g/mol. The molecule has 0 atom stereocenters. The van der Waals surface area contributed by atoms with Crippen LogP contribution < -0.4 is 11.1 Å². The zero-order chi connectivity index (χ0) is 24.3. The predicted octanol–water partition coefficient (Wildman–Crippen LogP) is 3.87. The Labute approximate surface area is 190 Å². The average Bonchev–Trinajstić information content (AvgIpc) is 3.47. The number of nitrogens with zero attached hydrogens (tertiary/aromatic N) is 4. The molecule has 1 aromatic carbocycles. The number of aliphatic imine (C=N–C) groups is 1. The van der Waals surface area contributed by atoms with Gasteiger partial charge in [0.15, 0.2) is 5.82 Å². The number of allylic oxidation sites excluding steroid dienone is 1. The molecule has 3 aromatic rings. The van der Waals surface area contributed by atoms with E-state index in [4.69, 9.17) is 10.3 Å². The predicted molar refractivity (Wildman–Crippen MR) is 114 cm³/mol. The van der Waals surface area contributed by atoms with E-state index in [0.717, 1.165) is 0 Å². The molecule has 1 saturated carbocycles. The lowest BCUT2D eigenvalue weighted by molar-refractivity contribution is -0.189. The van der Waals surface area contributed by atoms with Crippen LogP contribution in [0, 0.1) is 11.2 Å². The van der Waals surface area contributed by atoms with Crippen molar-refractivity contribution in [3.63, 3.8) is 0 Å². The highest BCUT2D eigenvalue weighted by atomic mass is 19.4. The average molecular weight is 474 g/mol. The molecule has 3 N–H and O–H groups in total. The molecule has 1 amide bonds. The lowest BCUT2D eigenvalue weighted by Crippen LogP contribution is -2.37. The number of nitrogens with two attached hydrogens (primary N) is 1. The third-order valence-corrected chi connectivity index (χ3v) is 5.25. The second-order valence-corrected chi connectivity index (χ2v) is 7.58. The van der Waals surface area contributed by atoms with E-state index in [1.165, 1.54) is 36.7 Å². The van der Waals surface area contributed by atoms with Crippen molar-refractivity contribution >= 4 is 23.1 Å². The van der Waals surface area contributed by atoms with Crippen LogP contribution in [-0.4, -0.2) is 32.9 Å². The first kappa shape index (κ1) is 23.1. The van der Waals surface area contributed by atoms with Gasteiger partial charge in [-0.25, -0.2) is 14.4 Å². The number of carbonyl (C=O) groups excluding carboxylic acids is 1. The van der Waals surface area contributed by atoms with Crippen LogP contribution in [0.15, 0.2) is 64.4 Å². The number of hydrogen-bond donors (Lipinski definition) is 2. The molecule has 34 heavy (non-hydrogen) atoms. The lowest BCUT2D eigenvalue weighted by atomic mass is 10.1. The van der Waals surface area contributed by atoms with Gasteiger partial charge in [-0.3, -0.25) is 9.79 Å². The number of rotatable bonds is 7. The minimum atomic E-state index is -4.65. The summed E-state index contributed by atoms with van der Waals surface area (Å²) >= 11 is 0. The molecule has 2 heterocycles. The highest BCUT2D eigenvalue weighted by molar-refractivity contribution is 6.10. The summed E-state index contributed by atoms with van der Waals surface area (Å²) in [4.78, 5) is 24.6. The molecule has 1 aliphatic carbocycles. The molecule has 12 heteroatoms. The summed E-state index contributed by atoms with van der Waals surface area (Å²) in [5.74, 6) is -1.80. The highest BCUT2D eigenvalue weighted by Gasteiger charge is 2.68. The molecule has 0 spiro atoms. The van der Waals surface area contributed by atoms with Crippen LogP contribution in [0.4, 0.5) is 23.4 Å². The largest absolute Gasteiger partial charge is 0.403 e. The molecule has 0 bridgehead atoms. The van der Waals surface area contributed by atoms with Crippen LogP contribution in [0.2, 0.25) is 0 Å². The van der Waals surface area contributed by atoms with Gasteiger partial charge in [-0.15, -0.1) is 0 Å². The summed E-state index contributed by atoms with van der Waals surface area (Å²) in [6.07, 6.45) is -1.26. The van der Waals surface area contributed by atoms with Gasteiger partial charge in [0.25, 0.3) is 0 Å². The Morgan fingerprint density at radius 1 is 1.24 bits per heavy atom. The number of aromatic nitrogens is 3. The van der Waals surface area contributed by atoms with E-state index in [9.17, 15) is 22.4 Å². The number of hydrogen-bond acceptors (Lipinski definition) is 7. The van der Waals surface area contributed by atoms with E-state index < -0.39 is 23.3 Å². The summed E-state index contributed by atoms with van der Waals surface area (Å²) in [6.45, 7) is -0.0187. The van der Waals surface area contributed by atoms with Crippen molar-refractivity contribution in [3.05, 3.63) is 77.8 Å². The molecule has 2 aromatic heterocycles. The lowest BCUT2D eigenvalue weighted by Gasteiger charge is -2.18. The smallest absolute Gasteiger partial charge is 0.396 e. The van der Waals surface area contributed by atoms with Crippen LogP contribution >= 0.6 is 0 Å². The molecule has 0 aliphatic heterocycles. The van der Waals surface area contributed by atoms with Gasteiger partial charge < -0.3 is 15.6 Å². The first-order chi connectivity index (χ1) is 16.2. The molecule has 176 valence electrons. The van der Waals surface area contributed by atoms with Crippen LogP contribution in [-0.2, 0) is 11.3 Å². The summed E-state index contributed by atoms with van der Waals surface area (Å²) in [5.41, 5.74) is 4.59. The second kappa shape index (κ2) is 9.04. The van der Waals surface area contributed by atoms with Crippen molar-refractivity contribution in [2.24, 2.45) is 16.1 Å². The number of halogens is 4. The quantitative estimate of drug-likeness (QED) is 0.396. The first-order valence-corrected chi connectivity index (χ1v) is 10.1. The molecule has 0 saturated heterocycles. The summed E-state index contributed by atoms with van der Waals surface area (Å²) in [7, 11) is 0. The Balaban J connectivity index is 1.57. The van der Waals surface area contributed by atoms with E-state index in [1.807, 2.05) is 0 Å². The van der Waals surface area contributed by atoms with E-state index in [2.05, 4.69) is 25.4 Å². The molecule has 1 aliphatic rings. The molecule has 0 radical (unpaired) electrons. The van der Waals surface area contributed by atoms with E-state index in [1.54, 1.807) is 18.2 Å². The summed E-state index contributed by atoms with van der Waals surface area (Å²) in [6, 6.07) is 8.89. The van der Waals surface area contributed by atoms with E-state index in [-0.39, 0.29) is 42.4 Å². The van der Waals surface area contributed by atoms with Crippen molar-refractivity contribution < 1.29 is 26.9 Å². The fraction of sp³-hybridized carbons (Fsp3) is 0.227. The van der Waals surface area contributed by atoms with Gasteiger partial charge in [0.1, 0.15) is 29.0 Å². The van der Waals surface area contributed by atoms with Crippen molar-refractivity contribution in [2.75, 3.05) is 5.32 Å². The van der Waals surface area contributed by atoms with Crippen LogP contribution in [0.25, 0.3) is 5.70 Å². The van der Waals surface area contributed by atoms with Gasteiger partial charge in [0.05, 0.1) is 18.0 Å². The molecular formula is C22H18F4N6O2. The van der Waals surface area contributed by atoms with E-state index in [0.29, 0.717) is 11.3 Å². The maximum absolute atomic E-state index is 14.0. The van der Waals surface area contributed by atoms with Crippen LogP contribution in [0.5, 0.6) is 0 Å². The van der Waals surface area contributed by atoms with Crippen molar-refractivity contribution in [1.29, 1.82) is 0 Å². The Bertz CT molecular complexity index is 1250. The maximum atomic E-state index is 14.0. The number of nitrogens with one attached hydrogen (secondary N) is 1. The standard InChI is InChI=1S/C22H18F4N6O2/c23-14-4-2-1-3-13(14)12-29-17(16-6-10-34-32-16)11-15(27)19-28-9-5-18(30-19)31-20(33)21(7-8-21)22(24,25)26/h1-6,9-11H,7-8,12,27H2,(H,28,30,31,33). The maximum Gasteiger partial charge on any atom is 0.403 e. The molecule has 4 rings (SSSR count). The van der Waals surface area contributed by atoms with Gasteiger partial charge in [-0.1, -0.05) is 23.4 Å². The second-order valence-electron chi connectivity index (χ2n) is 7.58.